The second-order valence-corrected chi connectivity index (χ2v) is 3.96. The second-order valence-electron chi connectivity index (χ2n) is 3.96. The summed E-state index contributed by atoms with van der Waals surface area (Å²) in [4.78, 5) is 1.89. The number of halogens is 1. The van der Waals surface area contributed by atoms with E-state index >= 15 is 0 Å². The van der Waals surface area contributed by atoms with Gasteiger partial charge < -0.3 is 10.0 Å². The molecule has 0 spiro atoms. The zero-order valence-electron chi connectivity index (χ0n) is 9.60. The molecule has 2 aromatic rings. The Labute approximate surface area is 99.9 Å². The van der Waals surface area contributed by atoms with Gasteiger partial charge in [0.05, 0.1) is 0 Å². The molecule has 0 aromatic heterocycles. The highest BCUT2D eigenvalue weighted by Crippen LogP contribution is 2.21. The SMILES string of the molecule is CN(Cc1ccccc1O)c1cccc(F)c1. The number of anilines is 1. The predicted octanol–water partition coefficient (Wildman–Crippen LogP) is 3.17. The Morgan fingerprint density at radius 2 is 1.88 bits per heavy atom. The molecule has 0 aliphatic rings. The average molecular weight is 231 g/mol. The number of aromatic hydroxyl groups is 1. The highest BCUT2D eigenvalue weighted by Gasteiger charge is 2.05. The fourth-order valence-electron chi connectivity index (χ4n) is 1.70. The highest BCUT2D eigenvalue weighted by atomic mass is 19.1. The molecule has 0 fully saturated rings. The molecule has 0 unspecified atom stereocenters. The Morgan fingerprint density at radius 3 is 2.59 bits per heavy atom. The number of para-hydroxylation sites is 1. The van der Waals surface area contributed by atoms with Gasteiger partial charge in [-0.3, -0.25) is 0 Å². The number of rotatable bonds is 3. The van der Waals surface area contributed by atoms with Crippen LogP contribution in [0.25, 0.3) is 0 Å². The number of hydrogen-bond donors (Lipinski definition) is 1. The van der Waals surface area contributed by atoms with E-state index in [1.54, 1.807) is 18.2 Å². The van der Waals surface area contributed by atoms with Crippen LogP contribution >= 0.6 is 0 Å². The molecule has 0 heterocycles. The Kier molecular flexibility index (Phi) is 3.28. The molecule has 3 heteroatoms. The molecule has 17 heavy (non-hydrogen) atoms. The third-order valence-electron chi connectivity index (χ3n) is 2.65. The van der Waals surface area contributed by atoms with Gasteiger partial charge >= 0.3 is 0 Å². The molecule has 0 bridgehead atoms. The molecule has 2 aromatic carbocycles. The molecule has 0 radical (unpaired) electrons. The van der Waals surface area contributed by atoms with E-state index in [1.165, 1.54) is 12.1 Å². The van der Waals surface area contributed by atoms with Crippen molar-refractivity contribution in [2.45, 2.75) is 6.54 Å². The van der Waals surface area contributed by atoms with Crippen molar-refractivity contribution in [3.8, 4) is 5.75 Å². The fraction of sp³-hybridized carbons (Fsp3) is 0.143. The maximum Gasteiger partial charge on any atom is 0.125 e. The van der Waals surface area contributed by atoms with Crippen molar-refractivity contribution in [2.24, 2.45) is 0 Å². The molecule has 0 aliphatic heterocycles. The Balaban J connectivity index is 2.17. The van der Waals surface area contributed by atoms with E-state index in [1.807, 2.05) is 30.1 Å². The van der Waals surface area contributed by atoms with Crippen LogP contribution in [0.1, 0.15) is 5.56 Å². The number of phenols is 1. The summed E-state index contributed by atoms with van der Waals surface area (Å²) in [5, 5.41) is 9.66. The first-order valence-corrected chi connectivity index (χ1v) is 5.40. The Morgan fingerprint density at radius 1 is 1.12 bits per heavy atom. The zero-order valence-corrected chi connectivity index (χ0v) is 9.60. The quantitative estimate of drug-likeness (QED) is 0.877. The van der Waals surface area contributed by atoms with Crippen LogP contribution in [-0.4, -0.2) is 12.2 Å². The van der Waals surface area contributed by atoms with Crippen molar-refractivity contribution in [3.63, 3.8) is 0 Å². The minimum atomic E-state index is -0.258. The van der Waals surface area contributed by atoms with Crippen molar-refractivity contribution >= 4 is 5.69 Å². The van der Waals surface area contributed by atoms with E-state index in [2.05, 4.69) is 0 Å². The number of benzene rings is 2. The largest absolute Gasteiger partial charge is 0.508 e. The zero-order chi connectivity index (χ0) is 12.3. The van der Waals surface area contributed by atoms with E-state index in [-0.39, 0.29) is 11.6 Å². The van der Waals surface area contributed by atoms with Crippen molar-refractivity contribution in [1.29, 1.82) is 0 Å². The van der Waals surface area contributed by atoms with Crippen LogP contribution in [0.3, 0.4) is 0 Å². The van der Waals surface area contributed by atoms with Crippen LogP contribution in [0.4, 0.5) is 10.1 Å². The smallest absolute Gasteiger partial charge is 0.125 e. The molecule has 0 saturated carbocycles. The van der Waals surface area contributed by atoms with Crippen LogP contribution in [0.5, 0.6) is 5.75 Å². The molecule has 0 aliphatic carbocycles. The van der Waals surface area contributed by atoms with Gasteiger partial charge in [-0.25, -0.2) is 4.39 Å². The summed E-state index contributed by atoms with van der Waals surface area (Å²) in [5.41, 5.74) is 1.60. The summed E-state index contributed by atoms with van der Waals surface area (Å²) in [6.45, 7) is 0.538. The molecular weight excluding hydrogens is 217 g/mol. The predicted molar refractivity (Wildman–Crippen MR) is 66.6 cm³/mol. The Bertz CT molecular complexity index is 513. The molecule has 0 amide bonds. The van der Waals surface area contributed by atoms with Gasteiger partial charge in [0.15, 0.2) is 0 Å². The lowest BCUT2D eigenvalue weighted by Gasteiger charge is -2.19. The van der Waals surface area contributed by atoms with Crippen LogP contribution in [-0.2, 0) is 6.54 Å². The monoisotopic (exact) mass is 231 g/mol. The first-order valence-electron chi connectivity index (χ1n) is 5.40. The lowest BCUT2D eigenvalue weighted by molar-refractivity contribution is 0.468. The fourth-order valence-corrected chi connectivity index (χ4v) is 1.70. The van der Waals surface area contributed by atoms with Crippen LogP contribution in [0.15, 0.2) is 48.5 Å². The third-order valence-corrected chi connectivity index (χ3v) is 2.65. The minimum Gasteiger partial charge on any atom is -0.508 e. The molecule has 2 nitrogen and oxygen atoms in total. The standard InChI is InChI=1S/C14H14FNO/c1-16(13-7-4-6-12(15)9-13)10-11-5-2-3-8-14(11)17/h2-9,17H,10H2,1H3. The normalized spacial score (nSPS) is 10.2. The molecule has 88 valence electrons. The second kappa shape index (κ2) is 4.87. The van der Waals surface area contributed by atoms with Gasteiger partial charge in [0.2, 0.25) is 0 Å². The first-order chi connectivity index (χ1) is 8.16. The van der Waals surface area contributed by atoms with Gasteiger partial charge in [0, 0.05) is 24.8 Å². The van der Waals surface area contributed by atoms with Gasteiger partial charge in [-0.05, 0) is 24.3 Å². The van der Waals surface area contributed by atoms with Crippen molar-refractivity contribution in [3.05, 3.63) is 59.9 Å². The van der Waals surface area contributed by atoms with Gasteiger partial charge in [0.25, 0.3) is 0 Å². The highest BCUT2D eigenvalue weighted by molar-refractivity contribution is 5.47. The summed E-state index contributed by atoms with van der Waals surface area (Å²) in [5.74, 6) is 0.00221. The molecule has 0 saturated heterocycles. The van der Waals surface area contributed by atoms with E-state index in [4.69, 9.17) is 0 Å². The van der Waals surface area contributed by atoms with Gasteiger partial charge in [0.1, 0.15) is 11.6 Å². The third kappa shape index (κ3) is 2.75. The van der Waals surface area contributed by atoms with Crippen LogP contribution < -0.4 is 4.90 Å². The molecular formula is C14H14FNO. The summed E-state index contributed by atoms with van der Waals surface area (Å²) >= 11 is 0. The van der Waals surface area contributed by atoms with E-state index in [9.17, 15) is 9.50 Å². The number of nitrogens with zero attached hydrogens (tertiary/aromatic N) is 1. The van der Waals surface area contributed by atoms with Crippen molar-refractivity contribution < 1.29 is 9.50 Å². The van der Waals surface area contributed by atoms with Gasteiger partial charge in [-0.15, -0.1) is 0 Å². The van der Waals surface area contributed by atoms with E-state index in [0.717, 1.165) is 11.3 Å². The van der Waals surface area contributed by atoms with E-state index in [0.29, 0.717) is 6.54 Å². The Hall–Kier alpha value is -2.03. The van der Waals surface area contributed by atoms with Gasteiger partial charge in [-0.2, -0.15) is 0 Å². The summed E-state index contributed by atoms with van der Waals surface area (Å²) in [6, 6.07) is 13.5. The topological polar surface area (TPSA) is 23.5 Å². The lowest BCUT2D eigenvalue weighted by Crippen LogP contribution is -2.16. The molecule has 2 rings (SSSR count). The maximum absolute atomic E-state index is 13.1. The number of hydrogen-bond acceptors (Lipinski definition) is 2. The number of phenolic OH excluding ortho intramolecular Hbond substituents is 1. The van der Waals surface area contributed by atoms with E-state index < -0.39 is 0 Å². The van der Waals surface area contributed by atoms with Crippen molar-refractivity contribution in [2.75, 3.05) is 11.9 Å². The van der Waals surface area contributed by atoms with Crippen LogP contribution in [0.2, 0.25) is 0 Å². The minimum absolute atomic E-state index is 0.258. The first kappa shape index (κ1) is 11.5. The summed E-state index contributed by atoms with van der Waals surface area (Å²) in [7, 11) is 1.86. The maximum atomic E-state index is 13.1. The van der Waals surface area contributed by atoms with Gasteiger partial charge in [-0.1, -0.05) is 24.3 Å². The van der Waals surface area contributed by atoms with Crippen LogP contribution in [0, 0.1) is 5.82 Å². The molecule has 1 N–H and O–H groups in total. The van der Waals surface area contributed by atoms with Crippen molar-refractivity contribution in [1.82, 2.24) is 0 Å². The lowest BCUT2D eigenvalue weighted by atomic mass is 10.2. The molecule has 0 atom stereocenters. The summed E-state index contributed by atoms with van der Waals surface area (Å²) < 4.78 is 13.1. The average Bonchev–Trinajstić information content (AvgIpc) is 2.32. The summed E-state index contributed by atoms with van der Waals surface area (Å²) in [6.07, 6.45) is 0.